The minimum atomic E-state index is -4.32. The first-order valence-corrected chi connectivity index (χ1v) is 14.2. The first kappa shape index (κ1) is 24.2. The molecular formula is C26H26O6S2. The second-order valence-electron chi connectivity index (χ2n) is 8.39. The zero-order valence-corrected chi connectivity index (χ0v) is 20.1. The quantitative estimate of drug-likeness (QED) is 0.435. The summed E-state index contributed by atoms with van der Waals surface area (Å²) in [5.74, 6) is -1.65. The molecule has 0 amide bonds. The molecule has 0 aromatic heterocycles. The molecule has 0 unspecified atom stereocenters. The fourth-order valence-electron chi connectivity index (χ4n) is 4.41. The summed E-state index contributed by atoms with van der Waals surface area (Å²) in [6.45, 7) is 0.231. The Balaban J connectivity index is 1.76. The van der Waals surface area contributed by atoms with Gasteiger partial charge in [0.1, 0.15) is 0 Å². The summed E-state index contributed by atoms with van der Waals surface area (Å²) in [6, 6.07) is 24.6. The van der Waals surface area contributed by atoms with E-state index in [1.807, 2.05) is 30.3 Å². The molecule has 1 heterocycles. The fraction of sp³-hybridized carbons (Fsp3) is 0.269. The molecule has 0 spiro atoms. The molecule has 1 fully saturated rings. The molecule has 1 aliphatic heterocycles. The summed E-state index contributed by atoms with van der Waals surface area (Å²) in [6.07, 6.45) is 0.698. The molecule has 0 saturated carbocycles. The third kappa shape index (κ3) is 5.08. The highest BCUT2D eigenvalue weighted by atomic mass is 32.3. The number of hydrogen-bond donors (Lipinski definition) is 0. The number of rotatable bonds is 8. The molecule has 0 aliphatic carbocycles. The van der Waals surface area contributed by atoms with E-state index in [0.29, 0.717) is 12.8 Å². The van der Waals surface area contributed by atoms with Gasteiger partial charge in [0.05, 0.1) is 22.3 Å². The lowest BCUT2D eigenvalue weighted by Crippen LogP contribution is -2.40. The van der Waals surface area contributed by atoms with Crippen molar-refractivity contribution in [2.45, 2.75) is 33.6 Å². The molecule has 178 valence electrons. The van der Waals surface area contributed by atoms with Crippen molar-refractivity contribution < 1.29 is 26.4 Å². The maximum Gasteiger partial charge on any atom is 0.309 e. The molecule has 1 saturated heterocycles. The first-order chi connectivity index (χ1) is 16.3. The van der Waals surface area contributed by atoms with E-state index in [-0.39, 0.29) is 28.7 Å². The van der Waals surface area contributed by atoms with Crippen LogP contribution in [0.1, 0.15) is 18.4 Å². The van der Waals surface area contributed by atoms with Crippen LogP contribution in [0.2, 0.25) is 0 Å². The van der Waals surface area contributed by atoms with Crippen LogP contribution in [0, 0.1) is 11.8 Å². The van der Waals surface area contributed by atoms with Crippen molar-refractivity contribution in [2.75, 3.05) is 6.61 Å². The summed E-state index contributed by atoms with van der Waals surface area (Å²) in [7, 11) is -8.64. The van der Waals surface area contributed by atoms with Gasteiger partial charge in [-0.1, -0.05) is 66.7 Å². The van der Waals surface area contributed by atoms with Gasteiger partial charge >= 0.3 is 5.97 Å². The largest absolute Gasteiger partial charge is 0.465 e. The van der Waals surface area contributed by atoms with Gasteiger partial charge in [0.2, 0.25) is 0 Å². The van der Waals surface area contributed by atoms with E-state index >= 15 is 0 Å². The van der Waals surface area contributed by atoms with Crippen LogP contribution in [0.15, 0.2) is 101 Å². The van der Waals surface area contributed by atoms with E-state index in [1.54, 1.807) is 36.4 Å². The Morgan fingerprint density at radius 3 is 1.71 bits per heavy atom. The number of benzene rings is 3. The lowest BCUT2D eigenvalue weighted by atomic mass is 9.81. The average molecular weight is 499 g/mol. The van der Waals surface area contributed by atoms with Crippen molar-refractivity contribution in [1.82, 2.24) is 0 Å². The Labute approximate surface area is 200 Å². The zero-order chi connectivity index (χ0) is 24.2. The highest BCUT2D eigenvalue weighted by Gasteiger charge is 2.45. The minimum absolute atomic E-state index is 0.0942. The van der Waals surface area contributed by atoms with Crippen molar-refractivity contribution in [2.24, 2.45) is 11.8 Å². The van der Waals surface area contributed by atoms with E-state index in [2.05, 4.69) is 0 Å². The lowest BCUT2D eigenvalue weighted by molar-refractivity contribution is -0.156. The SMILES string of the molecule is O=C1OCC[C@@H](Cc2ccccc2)[C@@H]1CC(S(=O)(=O)c1ccccc1)S(=O)(=O)c1ccccc1. The number of esters is 1. The van der Waals surface area contributed by atoms with Gasteiger partial charge in [-0.2, -0.15) is 0 Å². The van der Waals surface area contributed by atoms with Gasteiger partial charge in [0, 0.05) is 0 Å². The molecule has 1 aliphatic rings. The molecule has 3 aromatic rings. The average Bonchev–Trinajstić information content (AvgIpc) is 2.85. The zero-order valence-electron chi connectivity index (χ0n) is 18.5. The molecule has 0 radical (unpaired) electrons. The third-order valence-electron chi connectivity index (χ3n) is 6.23. The second-order valence-corrected chi connectivity index (χ2v) is 13.0. The van der Waals surface area contributed by atoms with Gasteiger partial charge in [-0.15, -0.1) is 0 Å². The van der Waals surface area contributed by atoms with Gasteiger partial charge in [-0.25, -0.2) is 16.8 Å². The van der Waals surface area contributed by atoms with Crippen molar-refractivity contribution >= 4 is 25.6 Å². The highest BCUT2D eigenvalue weighted by Crippen LogP contribution is 2.36. The maximum absolute atomic E-state index is 13.7. The Hall–Kier alpha value is -2.97. The predicted octanol–water partition coefficient (Wildman–Crippen LogP) is 4.07. The summed E-state index contributed by atoms with van der Waals surface area (Å²) in [4.78, 5) is 12.7. The van der Waals surface area contributed by atoms with Crippen molar-refractivity contribution in [3.63, 3.8) is 0 Å². The molecule has 4 rings (SSSR count). The summed E-state index contributed by atoms with van der Waals surface area (Å²) >= 11 is 0. The lowest BCUT2D eigenvalue weighted by Gasteiger charge is -2.32. The Bertz CT molecular complexity index is 1250. The number of carbonyl (C=O) groups excluding carboxylic acids is 1. The number of sulfone groups is 2. The van der Waals surface area contributed by atoms with Crippen molar-refractivity contribution in [1.29, 1.82) is 0 Å². The number of ether oxygens (including phenoxy) is 1. The molecule has 34 heavy (non-hydrogen) atoms. The highest BCUT2D eigenvalue weighted by molar-refractivity contribution is 8.09. The van der Waals surface area contributed by atoms with Crippen LogP contribution >= 0.6 is 0 Å². The fourth-order valence-corrected chi connectivity index (χ4v) is 9.02. The first-order valence-electron chi connectivity index (χ1n) is 11.1. The van der Waals surface area contributed by atoms with Gasteiger partial charge in [-0.05, 0) is 55.0 Å². The molecular weight excluding hydrogens is 472 g/mol. The summed E-state index contributed by atoms with van der Waals surface area (Å²) in [5, 5.41) is 0. The van der Waals surface area contributed by atoms with E-state index < -0.39 is 36.1 Å². The van der Waals surface area contributed by atoms with Crippen LogP contribution in [0.3, 0.4) is 0 Å². The minimum Gasteiger partial charge on any atom is -0.465 e. The molecule has 8 heteroatoms. The Morgan fingerprint density at radius 1 is 0.735 bits per heavy atom. The molecule has 0 N–H and O–H groups in total. The topological polar surface area (TPSA) is 94.6 Å². The number of cyclic esters (lactones) is 1. The molecule has 0 bridgehead atoms. The van der Waals surface area contributed by atoms with Crippen molar-refractivity contribution in [3.8, 4) is 0 Å². The van der Waals surface area contributed by atoms with E-state index in [1.165, 1.54) is 24.3 Å². The van der Waals surface area contributed by atoms with Gasteiger partial charge < -0.3 is 4.74 Å². The second kappa shape index (κ2) is 10.1. The van der Waals surface area contributed by atoms with Crippen LogP contribution in [-0.2, 0) is 35.6 Å². The van der Waals surface area contributed by atoms with Gasteiger partial charge in [0.25, 0.3) is 0 Å². The molecule has 6 nitrogen and oxygen atoms in total. The van der Waals surface area contributed by atoms with Crippen LogP contribution in [0.4, 0.5) is 0 Å². The normalized spacial score (nSPS) is 19.0. The van der Waals surface area contributed by atoms with Crippen LogP contribution in [-0.4, -0.2) is 34.0 Å². The van der Waals surface area contributed by atoms with E-state index in [0.717, 1.165) is 5.56 Å². The van der Waals surface area contributed by atoms with Crippen molar-refractivity contribution in [3.05, 3.63) is 96.6 Å². The smallest absolute Gasteiger partial charge is 0.309 e. The van der Waals surface area contributed by atoms with Crippen LogP contribution in [0.5, 0.6) is 0 Å². The van der Waals surface area contributed by atoms with Gasteiger partial charge in [-0.3, -0.25) is 4.79 Å². The number of hydrogen-bond acceptors (Lipinski definition) is 6. The standard InChI is InChI=1S/C26H26O6S2/c27-26-24(21(16-17-32-26)18-20-10-4-1-5-11-20)19-25(33(28,29)22-12-6-2-7-13-22)34(30,31)23-14-8-3-9-15-23/h1-15,21,24-25H,16-19H2/t21-,24-/m0/s1. The number of carbonyl (C=O) groups is 1. The Morgan fingerprint density at radius 2 is 1.21 bits per heavy atom. The summed E-state index contributed by atoms with van der Waals surface area (Å²) in [5.41, 5.74) is 1.00. The molecule has 2 atom stereocenters. The van der Waals surface area contributed by atoms with Crippen LogP contribution in [0.25, 0.3) is 0 Å². The maximum atomic E-state index is 13.7. The van der Waals surface area contributed by atoms with Gasteiger partial charge in [0.15, 0.2) is 24.3 Å². The third-order valence-corrected chi connectivity index (χ3v) is 11.4. The molecule has 3 aromatic carbocycles. The van der Waals surface area contributed by atoms with Crippen LogP contribution < -0.4 is 0 Å². The predicted molar refractivity (Wildman–Crippen MR) is 128 cm³/mol. The monoisotopic (exact) mass is 498 g/mol. The van der Waals surface area contributed by atoms with E-state index in [9.17, 15) is 21.6 Å². The summed E-state index contributed by atoms with van der Waals surface area (Å²) < 4.78 is 58.1. The van der Waals surface area contributed by atoms with E-state index in [4.69, 9.17) is 4.74 Å². The Kier molecular flexibility index (Phi) is 7.19.